The first-order chi connectivity index (χ1) is 23.0. The maximum Gasteiger partial charge on any atom is 0.440 e. The largest absolute Gasteiger partial charge is 0.444 e. The van der Waals surface area contributed by atoms with Crippen molar-refractivity contribution in [3.05, 3.63) is 109 Å². The summed E-state index contributed by atoms with van der Waals surface area (Å²) in [5.74, 6) is 0.278. The number of carbonyl (C=O) groups is 2. The summed E-state index contributed by atoms with van der Waals surface area (Å²) in [6.07, 6.45) is 5.24. The van der Waals surface area contributed by atoms with Crippen LogP contribution in [0.4, 0.5) is 9.59 Å². The van der Waals surface area contributed by atoms with Crippen molar-refractivity contribution in [3.8, 4) is 33.6 Å². The summed E-state index contributed by atoms with van der Waals surface area (Å²) >= 11 is 0. The molecule has 3 heterocycles. The van der Waals surface area contributed by atoms with Crippen LogP contribution in [0.25, 0.3) is 50.2 Å². The van der Waals surface area contributed by atoms with Crippen molar-refractivity contribution in [2.45, 2.75) is 58.1 Å². The molecule has 0 atom stereocenters. The number of hydrogen-bond acceptors (Lipinski definition) is 7. The highest BCUT2D eigenvalue weighted by atomic mass is 16.6. The number of alkyl carbamates (subject to hydrolysis) is 1. The van der Waals surface area contributed by atoms with Crippen LogP contribution in [0.3, 0.4) is 0 Å². The van der Waals surface area contributed by atoms with E-state index in [1.165, 1.54) is 4.68 Å². The highest BCUT2D eigenvalue weighted by Gasteiger charge is 2.41. The summed E-state index contributed by atoms with van der Waals surface area (Å²) in [5.41, 5.74) is 6.42. The van der Waals surface area contributed by atoms with Crippen molar-refractivity contribution in [1.29, 1.82) is 0 Å². The van der Waals surface area contributed by atoms with Crippen molar-refractivity contribution in [2.24, 2.45) is 0 Å². The predicted octanol–water partition coefficient (Wildman–Crippen LogP) is 8.50. The number of amides is 1. The first-order valence-electron chi connectivity index (χ1n) is 15.9. The quantitative estimate of drug-likeness (QED) is 0.182. The maximum absolute atomic E-state index is 12.7. The van der Waals surface area contributed by atoms with E-state index in [0.29, 0.717) is 11.3 Å². The zero-order chi connectivity index (χ0) is 33.6. The van der Waals surface area contributed by atoms with Crippen LogP contribution in [0.2, 0.25) is 0 Å². The second-order valence-corrected chi connectivity index (χ2v) is 13.2. The SMILES string of the molecule is C=C(C)OC(=O)n1nccc1-c1ccc2nn3cc(-c4ccccc4)c(-c4ccc(C5(NC(=O)OC(C)(C)C)CCC5)cc4)nc3c2c1. The van der Waals surface area contributed by atoms with E-state index in [0.717, 1.165) is 63.7 Å². The standard InChI is InChI=1S/C38H36N6O4/c1-24(2)47-36(46)44-32(18-21-39-44)27-14-17-31-29(22-27)34-40-33(30(23-43(34)42-31)25-10-7-6-8-11-25)26-12-15-28(16-13-26)38(19-9-20-38)41-35(45)48-37(3,4)5/h6-8,10-18,21-23H,1,9,19-20H2,2-5H3,(H,41,45). The Balaban J connectivity index is 1.31. The lowest BCUT2D eigenvalue weighted by atomic mass is 9.71. The number of aromatic nitrogens is 5. The van der Waals surface area contributed by atoms with Gasteiger partial charge in [-0.2, -0.15) is 14.9 Å². The molecule has 0 saturated heterocycles. The molecule has 3 aromatic carbocycles. The number of allylic oxidation sites excluding steroid dienone is 1. The predicted molar refractivity (Wildman–Crippen MR) is 184 cm³/mol. The Kier molecular flexibility index (Phi) is 7.58. The summed E-state index contributed by atoms with van der Waals surface area (Å²) in [6, 6.07) is 25.9. The summed E-state index contributed by atoms with van der Waals surface area (Å²) in [7, 11) is 0. The molecule has 1 amide bonds. The van der Waals surface area contributed by atoms with Gasteiger partial charge < -0.3 is 14.8 Å². The van der Waals surface area contributed by atoms with Crippen LogP contribution in [-0.2, 0) is 15.0 Å². The van der Waals surface area contributed by atoms with Crippen molar-refractivity contribution in [1.82, 2.24) is 29.7 Å². The van der Waals surface area contributed by atoms with E-state index in [-0.39, 0.29) is 5.76 Å². The van der Waals surface area contributed by atoms with Crippen LogP contribution < -0.4 is 5.32 Å². The number of nitrogens with one attached hydrogen (secondary N) is 1. The highest BCUT2D eigenvalue weighted by Crippen LogP contribution is 2.42. The van der Waals surface area contributed by atoms with Gasteiger partial charge in [0.15, 0.2) is 5.65 Å². The third kappa shape index (κ3) is 5.81. The molecule has 3 aromatic heterocycles. The van der Waals surface area contributed by atoms with E-state index >= 15 is 0 Å². The van der Waals surface area contributed by atoms with Crippen molar-refractivity contribution >= 4 is 28.7 Å². The van der Waals surface area contributed by atoms with Crippen molar-refractivity contribution < 1.29 is 19.1 Å². The minimum atomic E-state index is -0.635. The maximum atomic E-state index is 12.7. The molecule has 0 aliphatic heterocycles. The summed E-state index contributed by atoms with van der Waals surface area (Å²) in [4.78, 5) is 30.7. The Bertz CT molecular complexity index is 2190. The van der Waals surface area contributed by atoms with E-state index in [9.17, 15) is 9.59 Å². The minimum Gasteiger partial charge on any atom is -0.444 e. The first-order valence-corrected chi connectivity index (χ1v) is 15.9. The number of nitrogens with zero attached hydrogens (tertiary/aromatic N) is 5. The van der Waals surface area contributed by atoms with Crippen molar-refractivity contribution in [3.63, 3.8) is 0 Å². The van der Waals surface area contributed by atoms with Gasteiger partial charge in [-0.15, -0.1) is 0 Å². The molecule has 242 valence electrons. The summed E-state index contributed by atoms with van der Waals surface area (Å²) in [5, 5.41) is 13.0. The second-order valence-electron chi connectivity index (χ2n) is 13.2. The Hall–Kier alpha value is -5.77. The minimum absolute atomic E-state index is 0.278. The molecule has 1 aliphatic carbocycles. The van der Waals surface area contributed by atoms with Gasteiger partial charge in [-0.25, -0.2) is 19.1 Å². The topological polar surface area (TPSA) is 113 Å². The fourth-order valence-corrected chi connectivity index (χ4v) is 6.17. The van der Waals surface area contributed by atoms with E-state index in [1.807, 2.05) is 63.4 Å². The lowest BCUT2D eigenvalue weighted by Gasteiger charge is -2.43. The van der Waals surface area contributed by atoms with E-state index in [1.54, 1.807) is 23.7 Å². The average Bonchev–Trinajstić information content (AvgIpc) is 3.66. The fraction of sp³-hybridized carbons (Fsp3) is 0.237. The van der Waals surface area contributed by atoms with E-state index in [4.69, 9.17) is 19.6 Å². The van der Waals surface area contributed by atoms with E-state index < -0.39 is 23.3 Å². The molecule has 7 rings (SSSR count). The molecular formula is C38H36N6O4. The van der Waals surface area contributed by atoms with Gasteiger partial charge >= 0.3 is 12.2 Å². The zero-order valence-electron chi connectivity index (χ0n) is 27.4. The smallest absolute Gasteiger partial charge is 0.440 e. The molecule has 1 fully saturated rings. The van der Waals surface area contributed by atoms with Gasteiger partial charge in [0.1, 0.15) is 5.60 Å². The lowest BCUT2D eigenvalue weighted by molar-refractivity contribution is 0.0377. The van der Waals surface area contributed by atoms with Crippen LogP contribution in [-0.4, -0.2) is 42.2 Å². The molecule has 0 radical (unpaired) electrons. The molecule has 10 heteroatoms. The summed E-state index contributed by atoms with van der Waals surface area (Å²) < 4.78 is 13.8. The Morgan fingerprint density at radius 3 is 2.33 bits per heavy atom. The van der Waals surface area contributed by atoms with Crippen LogP contribution in [0, 0.1) is 0 Å². The van der Waals surface area contributed by atoms with Gasteiger partial charge in [0.25, 0.3) is 0 Å². The normalized spacial score (nSPS) is 14.0. The Morgan fingerprint density at radius 2 is 1.67 bits per heavy atom. The average molecular weight is 641 g/mol. The number of hydrogen-bond donors (Lipinski definition) is 1. The number of ether oxygens (including phenoxy) is 2. The third-order valence-electron chi connectivity index (χ3n) is 8.51. The third-order valence-corrected chi connectivity index (χ3v) is 8.51. The molecule has 0 unspecified atom stereocenters. The molecule has 0 spiro atoms. The Morgan fingerprint density at radius 1 is 0.938 bits per heavy atom. The van der Waals surface area contributed by atoms with Crippen LogP contribution in [0.1, 0.15) is 52.5 Å². The lowest BCUT2D eigenvalue weighted by Crippen LogP contribution is -2.52. The number of carbonyl (C=O) groups excluding carboxylic acids is 2. The molecular weight excluding hydrogens is 604 g/mol. The number of benzene rings is 3. The number of fused-ring (bicyclic) bond motifs is 3. The monoisotopic (exact) mass is 640 g/mol. The van der Waals surface area contributed by atoms with Crippen LogP contribution >= 0.6 is 0 Å². The first kappa shape index (κ1) is 30.9. The summed E-state index contributed by atoms with van der Waals surface area (Å²) in [6.45, 7) is 10.9. The number of rotatable bonds is 6. The van der Waals surface area contributed by atoms with Gasteiger partial charge in [-0.05, 0) is 76.3 Å². The van der Waals surface area contributed by atoms with E-state index in [2.05, 4.69) is 53.4 Å². The van der Waals surface area contributed by atoms with Gasteiger partial charge in [-0.3, -0.25) is 0 Å². The van der Waals surface area contributed by atoms with Crippen LogP contribution in [0.5, 0.6) is 0 Å². The van der Waals surface area contributed by atoms with Gasteiger partial charge in [-0.1, -0.05) is 67.2 Å². The molecule has 1 saturated carbocycles. The van der Waals surface area contributed by atoms with Gasteiger partial charge in [0.05, 0.1) is 34.4 Å². The Labute approximate surface area is 278 Å². The molecule has 1 N–H and O–H groups in total. The second kappa shape index (κ2) is 11.8. The molecule has 1 aliphatic rings. The molecule has 48 heavy (non-hydrogen) atoms. The zero-order valence-corrected chi connectivity index (χ0v) is 27.4. The molecule has 6 aromatic rings. The van der Waals surface area contributed by atoms with Crippen molar-refractivity contribution in [2.75, 3.05) is 0 Å². The van der Waals surface area contributed by atoms with Crippen LogP contribution in [0.15, 0.2) is 104 Å². The fourth-order valence-electron chi connectivity index (χ4n) is 6.17. The van der Waals surface area contributed by atoms with Gasteiger partial charge in [0, 0.05) is 28.3 Å². The molecule has 10 nitrogen and oxygen atoms in total. The molecule has 0 bridgehead atoms. The van der Waals surface area contributed by atoms with Gasteiger partial charge in [0.2, 0.25) is 0 Å². The highest BCUT2D eigenvalue weighted by molar-refractivity contribution is 5.97.